The van der Waals surface area contributed by atoms with Gasteiger partial charge in [-0.15, -0.1) is 0 Å². The smallest absolute Gasteiger partial charge is 0.412 e. The number of rotatable bonds is 4. The van der Waals surface area contributed by atoms with Crippen LogP contribution in [0.25, 0.3) is 0 Å². The molecule has 0 aliphatic carbocycles. The van der Waals surface area contributed by atoms with Crippen LogP contribution in [0.5, 0.6) is 0 Å². The second kappa shape index (κ2) is 9.58. The molecular weight excluding hydrogens is 300 g/mol. The number of esters is 1. The van der Waals surface area contributed by atoms with Crippen LogP contribution in [-0.2, 0) is 19.0 Å². The molecule has 22 heavy (non-hydrogen) atoms. The molecule has 0 saturated carbocycles. The van der Waals surface area contributed by atoms with E-state index in [9.17, 15) is 14.4 Å². The van der Waals surface area contributed by atoms with Crippen molar-refractivity contribution in [3.8, 4) is 0 Å². The first kappa shape index (κ1) is 19.7. The molecule has 0 radical (unpaired) electrons. The molecule has 10 nitrogen and oxygen atoms in total. The fourth-order valence-corrected chi connectivity index (χ4v) is 1.36. The minimum Gasteiger partial charge on any atom is -0.447 e. The van der Waals surface area contributed by atoms with Crippen molar-refractivity contribution >= 4 is 18.2 Å². The van der Waals surface area contributed by atoms with Crippen molar-refractivity contribution in [1.82, 2.24) is 9.80 Å². The maximum atomic E-state index is 10.9. The Kier molecular flexibility index (Phi) is 8.56. The van der Waals surface area contributed by atoms with E-state index in [4.69, 9.17) is 9.84 Å². The molecule has 2 aliphatic heterocycles. The Labute approximate surface area is 127 Å². The Morgan fingerprint density at radius 2 is 1.73 bits per heavy atom. The Morgan fingerprint density at radius 3 is 2.05 bits per heavy atom. The molecule has 2 fully saturated rings. The summed E-state index contributed by atoms with van der Waals surface area (Å²) in [5.41, 5.74) is 0.313. The predicted octanol–water partition coefficient (Wildman–Crippen LogP) is -0.921. The largest absolute Gasteiger partial charge is 0.447 e. The average Bonchev–Trinajstić information content (AvgIpc) is 3.05. The van der Waals surface area contributed by atoms with Gasteiger partial charge >= 0.3 is 18.2 Å². The molecule has 2 amide bonds. The normalized spacial score (nSPS) is 16.1. The Bertz CT molecular complexity index is 425. The number of hydrogen-bond donors (Lipinski definition) is 1. The van der Waals surface area contributed by atoms with E-state index in [-0.39, 0.29) is 18.9 Å². The number of carbonyl (C=O) groups is 3. The molecular formula is C12H20N2O8. The maximum absolute atomic E-state index is 10.9. The van der Waals surface area contributed by atoms with Crippen LogP contribution in [0, 0.1) is 0 Å². The Hall–Kier alpha value is -2.33. The van der Waals surface area contributed by atoms with Crippen LogP contribution in [0.15, 0.2) is 12.2 Å². The van der Waals surface area contributed by atoms with E-state index in [1.54, 1.807) is 6.92 Å². The van der Waals surface area contributed by atoms with Crippen LogP contribution in [0.2, 0.25) is 0 Å². The van der Waals surface area contributed by atoms with Crippen LogP contribution in [0.1, 0.15) is 6.92 Å². The van der Waals surface area contributed by atoms with Crippen molar-refractivity contribution < 1.29 is 39.2 Å². The maximum Gasteiger partial charge on any atom is 0.412 e. The summed E-state index contributed by atoms with van der Waals surface area (Å²) in [4.78, 5) is 34.6. The van der Waals surface area contributed by atoms with Crippen molar-refractivity contribution in [2.24, 2.45) is 0 Å². The average molecular weight is 320 g/mol. The first-order valence-electron chi connectivity index (χ1n) is 6.22. The summed E-state index contributed by atoms with van der Waals surface area (Å²) >= 11 is 0. The number of amides is 2. The van der Waals surface area contributed by atoms with Gasteiger partial charge < -0.3 is 24.8 Å². The lowest BCUT2D eigenvalue weighted by molar-refractivity contribution is -0.142. The molecule has 0 aromatic heterocycles. The van der Waals surface area contributed by atoms with Gasteiger partial charge in [0.25, 0.3) is 0 Å². The van der Waals surface area contributed by atoms with Gasteiger partial charge in [0.2, 0.25) is 0 Å². The molecule has 0 aromatic rings. The number of nitrogens with zero attached hydrogens (tertiary/aromatic N) is 2. The third kappa shape index (κ3) is 5.97. The zero-order chi connectivity index (χ0) is 15.8. The summed E-state index contributed by atoms with van der Waals surface area (Å²) in [5.74, 6) is -0.500. The van der Waals surface area contributed by atoms with Gasteiger partial charge in [-0.05, 0) is 6.92 Å². The summed E-state index contributed by atoms with van der Waals surface area (Å²) in [6, 6.07) is 0. The Balaban J connectivity index is 0.000000423. The van der Waals surface area contributed by atoms with E-state index in [2.05, 4.69) is 16.1 Å². The molecule has 0 aromatic carbocycles. The zero-order valence-electron chi connectivity index (χ0n) is 12.2. The summed E-state index contributed by atoms with van der Waals surface area (Å²) in [6.07, 6.45) is -0.873. The van der Waals surface area contributed by atoms with E-state index in [0.717, 1.165) is 0 Å². The van der Waals surface area contributed by atoms with Crippen molar-refractivity contribution in [3.63, 3.8) is 0 Å². The summed E-state index contributed by atoms with van der Waals surface area (Å²) in [5, 5.41) is 8.36. The zero-order valence-corrected chi connectivity index (χ0v) is 12.2. The highest BCUT2D eigenvalue weighted by molar-refractivity contribution is 5.87. The van der Waals surface area contributed by atoms with Crippen molar-refractivity contribution in [1.29, 1.82) is 0 Å². The van der Waals surface area contributed by atoms with Gasteiger partial charge in [0.15, 0.2) is 6.73 Å². The SMILES string of the molecule is C=C(C)C(=O)OCN1CCOC1=O.O.O=C1OCCN1CO. The van der Waals surface area contributed by atoms with Crippen molar-refractivity contribution in [2.75, 3.05) is 39.8 Å². The number of aliphatic hydroxyl groups is 1. The molecule has 126 valence electrons. The fraction of sp³-hybridized carbons (Fsp3) is 0.583. The molecule has 2 heterocycles. The second-order valence-electron chi connectivity index (χ2n) is 4.24. The van der Waals surface area contributed by atoms with Gasteiger partial charge in [-0.2, -0.15) is 0 Å². The summed E-state index contributed by atoms with van der Waals surface area (Å²) in [7, 11) is 0. The number of ether oxygens (including phenoxy) is 3. The van der Waals surface area contributed by atoms with Gasteiger partial charge in [-0.1, -0.05) is 6.58 Å². The molecule has 2 rings (SSSR count). The number of carbonyl (C=O) groups excluding carboxylic acids is 3. The summed E-state index contributed by atoms with van der Waals surface area (Å²) < 4.78 is 13.9. The third-order valence-electron chi connectivity index (χ3n) is 2.56. The highest BCUT2D eigenvalue weighted by Gasteiger charge is 2.22. The van der Waals surface area contributed by atoms with Gasteiger partial charge in [0.05, 0.1) is 13.1 Å². The lowest BCUT2D eigenvalue weighted by Crippen LogP contribution is -2.28. The topological polar surface area (TPSA) is 137 Å². The molecule has 0 bridgehead atoms. The predicted molar refractivity (Wildman–Crippen MR) is 72.6 cm³/mol. The highest BCUT2D eigenvalue weighted by atomic mass is 16.6. The second-order valence-corrected chi connectivity index (χ2v) is 4.24. The number of aliphatic hydroxyl groups excluding tert-OH is 1. The van der Waals surface area contributed by atoms with Crippen LogP contribution in [0.3, 0.4) is 0 Å². The first-order valence-corrected chi connectivity index (χ1v) is 6.22. The number of cyclic esters (lactones) is 2. The van der Waals surface area contributed by atoms with E-state index in [1.807, 2.05) is 0 Å². The molecule has 2 aliphatic rings. The van der Waals surface area contributed by atoms with Gasteiger partial charge in [0, 0.05) is 5.57 Å². The quantitative estimate of drug-likeness (QED) is 0.401. The van der Waals surface area contributed by atoms with Crippen molar-refractivity contribution in [2.45, 2.75) is 6.92 Å². The van der Waals surface area contributed by atoms with Crippen LogP contribution >= 0.6 is 0 Å². The molecule has 0 atom stereocenters. The summed E-state index contributed by atoms with van der Waals surface area (Å²) in [6.45, 7) is 6.38. The van der Waals surface area contributed by atoms with Gasteiger partial charge in [-0.25, -0.2) is 14.4 Å². The van der Waals surface area contributed by atoms with Gasteiger partial charge in [0.1, 0.15) is 19.9 Å². The monoisotopic (exact) mass is 320 g/mol. The molecule has 10 heteroatoms. The van der Waals surface area contributed by atoms with E-state index in [0.29, 0.717) is 31.9 Å². The van der Waals surface area contributed by atoms with E-state index in [1.165, 1.54) is 9.80 Å². The molecule has 2 saturated heterocycles. The lowest BCUT2D eigenvalue weighted by Gasteiger charge is -2.12. The van der Waals surface area contributed by atoms with E-state index < -0.39 is 18.2 Å². The highest BCUT2D eigenvalue weighted by Crippen LogP contribution is 2.03. The molecule has 0 spiro atoms. The number of hydrogen-bond acceptors (Lipinski definition) is 7. The van der Waals surface area contributed by atoms with E-state index >= 15 is 0 Å². The Morgan fingerprint density at radius 1 is 1.23 bits per heavy atom. The van der Waals surface area contributed by atoms with Crippen LogP contribution in [-0.4, -0.2) is 78.3 Å². The lowest BCUT2D eigenvalue weighted by atomic mass is 10.4. The molecule has 3 N–H and O–H groups in total. The minimum atomic E-state index is -0.500. The minimum absolute atomic E-state index is 0. The molecule has 0 unspecified atom stereocenters. The fourth-order valence-electron chi connectivity index (χ4n) is 1.36. The standard InChI is InChI=1S/C8H11NO4.C4H7NO3.H2O/c1-6(2)7(10)13-5-9-3-4-12-8(9)11;6-3-5-1-2-8-4(5)7;/h1,3-5H2,2H3;6H,1-3H2;1H2. The third-order valence-corrected chi connectivity index (χ3v) is 2.56. The van der Waals surface area contributed by atoms with Gasteiger partial charge in [-0.3, -0.25) is 9.80 Å². The van der Waals surface area contributed by atoms with Crippen LogP contribution in [0.4, 0.5) is 9.59 Å². The van der Waals surface area contributed by atoms with Crippen LogP contribution < -0.4 is 0 Å². The first-order chi connectivity index (χ1) is 9.95. The van der Waals surface area contributed by atoms with Crippen molar-refractivity contribution in [3.05, 3.63) is 12.2 Å².